The first-order chi connectivity index (χ1) is 14.2. The van der Waals surface area contributed by atoms with Gasteiger partial charge in [-0.05, 0) is 54.8 Å². The van der Waals surface area contributed by atoms with E-state index in [-0.39, 0.29) is 11.8 Å². The number of nitrogens with zero attached hydrogens (tertiary/aromatic N) is 1. The molecule has 5 heteroatoms. The van der Waals surface area contributed by atoms with Crippen molar-refractivity contribution in [2.24, 2.45) is 17.8 Å². The van der Waals surface area contributed by atoms with Gasteiger partial charge in [0.05, 0.1) is 28.4 Å². The summed E-state index contributed by atoms with van der Waals surface area (Å²) in [6.45, 7) is 2.29. The molecule has 29 heavy (non-hydrogen) atoms. The maximum atomic E-state index is 5.66. The maximum absolute atomic E-state index is 5.66. The third-order valence-corrected chi connectivity index (χ3v) is 7.07. The molecular formula is C24H29NO4. The van der Waals surface area contributed by atoms with Gasteiger partial charge in [-0.1, -0.05) is 11.6 Å². The first-order valence-electron chi connectivity index (χ1n) is 10.4. The summed E-state index contributed by atoms with van der Waals surface area (Å²) in [5.41, 5.74) is 4.09. The van der Waals surface area contributed by atoms with Crippen LogP contribution in [0.4, 0.5) is 0 Å². The molecule has 0 aromatic carbocycles. The molecule has 5 nitrogen and oxygen atoms in total. The van der Waals surface area contributed by atoms with Crippen LogP contribution in [-0.4, -0.2) is 52.5 Å². The Balaban J connectivity index is 1.70. The molecule has 0 bridgehead atoms. The van der Waals surface area contributed by atoms with Crippen LogP contribution in [-0.2, 0) is 18.9 Å². The molecule has 3 aliphatic carbocycles. The van der Waals surface area contributed by atoms with Gasteiger partial charge >= 0.3 is 0 Å². The molecule has 0 aromatic rings. The molecule has 0 N–H and O–H groups in total. The highest BCUT2D eigenvalue weighted by Gasteiger charge is 2.45. The summed E-state index contributed by atoms with van der Waals surface area (Å²) in [5, 5.41) is 0. The van der Waals surface area contributed by atoms with Crippen molar-refractivity contribution in [3.05, 3.63) is 70.1 Å². The predicted molar refractivity (Wildman–Crippen MR) is 111 cm³/mol. The molecular weight excluding hydrogens is 366 g/mol. The van der Waals surface area contributed by atoms with Gasteiger partial charge in [0.1, 0.15) is 0 Å². The summed E-state index contributed by atoms with van der Waals surface area (Å²) in [4.78, 5) is 2.65. The van der Waals surface area contributed by atoms with Gasteiger partial charge in [-0.15, -0.1) is 0 Å². The van der Waals surface area contributed by atoms with Crippen LogP contribution in [0.1, 0.15) is 12.8 Å². The van der Waals surface area contributed by atoms with Crippen molar-refractivity contribution in [2.75, 3.05) is 41.5 Å². The van der Waals surface area contributed by atoms with E-state index >= 15 is 0 Å². The largest absolute Gasteiger partial charge is 0.493 e. The monoisotopic (exact) mass is 395 g/mol. The molecule has 0 aromatic heterocycles. The molecule has 1 fully saturated rings. The molecule has 2 heterocycles. The van der Waals surface area contributed by atoms with Crippen molar-refractivity contribution in [1.29, 1.82) is 0 Å². The molecule has 0 amide bonds. The maximum Gasteiger partial charge on any atom is 0.160 e. The lowest BCUT2D eigenvalue weighted by atomic mass is 9.63. The Bertz CT molecular complexity index is 904. The fourth-order valence-corrected chi connectivity index (χ4v) is 5.70. The Morgan fingerprint density at radius 2 is 1.45 bits per heavy atom. The molecule has 4 atom stereocenters. The van der Waals surface area contributed by atoms with Gasteiger partial charge in [-0.2, -0.15) is 0 Å². The SMILES string of the molecule is COC1=CC2=C3C=C(OC)C(OC)=CC3C3CN4CCCC4C=C3C2C=C1OC. The number of rotatable bonds is 4. The van der Waals surface area contributed by atoms with Crippen LogP contribution in [0.3, 0.4) is 0 Å². The number of hydrogen-bond donors (Lipinski definition) is 0. The molecule has 4 unspecified atom stereocenters. The molecule has 0 radical (unpaired) electrons. The minimum Gasteiger partial charge on any atom is -0.493 e. The van der Waals surface area contributed by atoms with Crippen LogP contribution in [0, 0.1) is 17.8 Å². The molecule has 5 aliphatic rings. The van der Waals surface area contributed by atoms with Crippen LogP contribution >= 0.6 is 0 Å². The Labute approximate surface area is 172 Å². The van der Waals surface area contributed by atoms with Gasteiger partial charge in [0, 0.05) is 30.3 Å². The fourth-order valence-electron chi connectivity index (χ4n) is 5.70. The number of allylic oxidation sites excluding steroid dienone is 6. The first kappa shape index (κ1) is 18.6. The minimum absolute atomic E-state index is 0.217. The van der Waals surface area contributed by atoms with Crippen molar-refractivity contribution in [3.63, 3.8) is 0 Å². The smallest absolute Gasteiger partial charge is 0.160 e. The van der Waals surface area contributed by atoms with Crippen LogP contribution in [0.5, 0.6) is 0 Å². The Morgan fingerprint density at radius 3 is 2.14 bits per heavy atom. The second-order valence-corrected chi connectivity index (χ2v) is 8.29. The Kier molecular flexibility index (Phi) is 4.58. The summed E-state index contributed by atoms with van der Waals surface area (Å²) in [7, 11) is 6.83. The van der Waals surface area contributed by atoms with E-state index in [9.17, 15) is 0 Å². The predicted octanol–water partition coefficient (Wildman–Crippen LogP) is 3.70. The summed E-state index contributed by atoms with van der Waals surface area (Å²) in [6.07, 6.45) is 13.9. The third kappa shape index (κ3) is 2.78. The highest BCUT2D eigenvalue weighted by atomic mass is 16.5. The highest BCUT2D eigenvalue weighted by molar-refractivity contribution is 5.58. The van der Waals surface area contributed by atoms with E-state index in [1.165, 1.54) is 36.1 Å². The topological polar surface area (TPSA) is 40.2 Å². The number of ether oxygens (including phenoxy) is 4. The Morgan fingerprint density at radius 1 is 0.793 bits per heavy atom. The van der Waals surface area contributed by atoms with Gasteiger partial charge in [-0.3, -0.25) is 4.90 Å². The van der Waals surface area contributed by atoms with Gasteiger partial charge in [0.2, 0.25) is 0 Å². The number of methoxy groups -OCH3 is 4. The van der Waals surface area contributed by atoms with E-state index in [0.29, 0.717) is 12.0 Å². The van der Waals surface area contributed by atoms with Crippen molar-refractivity contribution in [2.45, 2.75) is 18.9 Å². The Hall–Kier alpha value is -2.40. The minimum atomic E-state index is 0.217. The number of fused-ring (bicyclic) bond motifs is 6. The first-order valence-corrected chi connectivity index (χ1v) is 10.4. The summed E-state index contributed by atoms with van der Waals surface area (Å²) in [5.74, 6) is 4.11. The zero-order valence-corrected chi connectivity index (χ0v) is 17.6. The lowest BCUT2D eigenvalue weighted by Crippen LogP contribution is -2.45. The molecule has 0 spiro atoms. The molecule has 154 valence electrons. The van der Waals surface area contributed by atoms with Crippen LogP contribution in [0.2, 0.25) is 0 Å². The highest BCUT2D eigenvalue weighted by Crippen LogP contribution is 2.52. The van der Waals surface area contributed by atoms with E-state index in [1.807, 2.05) is 0 Å². The quantitative estimate of drug-likeness (QED) is 0.679. The van der Waals surface area contributed by atoms with Gasteiger partial charge in [-0.25, -0.2) is 0 Å². The van der Waals surface area contributed by atoms with Crippen LogP contribution < -0.4 is 0 Å². The second-order valence-electron chi connectivity index (χ2n) is 8.29. The molecule has 0 saturated carbocycles. The van der Waals surface area contributed by atoms with E-state index < -0.39 is 0 Å². The van der Waals surface area contributed by atoms with Gasteiger partial charge in [0.15, 0.2) is 23.0 Å². The van der Waals surface area contributed by atoms with E-state index in [2.05, 4.69) is 35.3 Å². The van der Waals surface area contributed by atoms with Gasteiger partial charge < -0.3 is 18.9 Å². The standard InChI is InChI=1S/C24H29NO4/c1-26-21-9-16-15-8-14-6-5-7-25(14)13-20(15)19-12-24(29-4)23(28-3)11-18(19)17(16)10-22(21)27-2/h8-12,14,16,19-20H,5-7,13H2,1-4H3. The average molecular weight is 395 g/mol. The van der Waals surface area contributed by atoms with Crippen molar-refractivity contribution >= 4 is 0 Å². The van der Waals surface area contributed by atoms with E-state index in [1.54, 1.807) is 28.4 Å². The lowest BCUT2D eigenvalue weighted by Gasteiger charge is -2.46. The normalized spacial score (nSPS) is 33.0. The second kappa shape index (κ2) is 7.13. The van der Waals surface area contributed by atoms with Crippen LogP contribution in [0.15, 0.2) is 70.1 Å². The molecule has 1 saturated heterocycles. The summed E-state index contributed by atoms with van der Waals surface area (Å²) < 4.78 is 22.6. The summed E-state index contributed by atoms with van der Waals surface area (Å²) >= 11 is 0. The van der Waals surface area contributed by atoms with E-state index in [0.717, 1.165) is 29.6 Å². The average Bonchev–Trinajstić information content (AvgIpc) is 3.23. The van der Waals surface area contributed by atoms with Crippen LogP contribution in [0.25, 0.3) is 0 Å². The fraction of sp³-hybridized carbons (Fsp3) is 0.500. The lowest BCUT2D eigenvalue weighted by molar-refractivity contribution is 0.190. The van der Waals surface area contributed by atoms with Gasteiger partial charge in [0.25, 0.3) is 0 Å². The van der Waals surface area contributed by atoms with E-state index in [4.69, 9.17) is 18.9 Å². The van der Waals surface area contributed by atoms with Crippen molar-refractivity contribution in [3.8, 4) is 0 Å². The zero-order chi connectivity index (χ0) is 20.1. The summed E-state index contributed by atoms with van der Waals surface area (Å²) in [6, 6.07) is 0.566. The molecule has 2 aliphatic heterocycles. The van der Waals surface area contributed by atoms with Crippen molar-refractivity contribution < 1.29 is 18.9 Å². The zero-order valence-electron chi connectivity index (χ0n) is 17.6. The number of hydrogen-bond acceptors (Lipinski definition) is 5. The molecule has 5 rings (SSSR count). The van der Waals surface area contributed by atoms with Crippen molar-refractivity contribution in [1.82, 2.24) is 4.90 Å². The third-order valence-electron chi connectivity index (χ3n) is 7.07.